The van der Waals surface area contributed by atoms with Crippen LogP contribution in [0.25, 0.3) is 10.2 Å². The van der Waals surface area contributed by atoms with Gasteiger partial charge in [-0.1, -0.05) is 17.4 Å². The summed E-state index contributed by atoms with van der Waals surface area (Å²) in [4.78, 5) is 20.0. The first-order valence-corrected chi connectivity index (χ1v) is 6.73. The van der Waals surface area contributed by atoms with Gasteiger partial charge in [0.05, 0.1) is 16.4 Å². The lowest BCUT2D eigenvalue weighted by Gasteiger charge is -1.99. The maximum absolute atomic E-state index is 12.7. The summed E-state index contributed by atoms with van der Waals surface area (Å²) in [5.74, 6) is -0.877. The van der Waals surface area contributed by atoms with Gasteiger partial charge in [0, 0.05) is 0 Å². The Morgan fingerprint density at radius 2 is 2.15 bits per heavy atom. The fraction of sp³-hybridized carbons (Fsp3) is 0.0714. The summed E-state index contributed by atoms with van der Waals surface area (Å²) in [5, 5.41) is 3.17. The molecule has 6 heteroatoms. The molecule has 4 nitrogen and oxygen atoms in total. The number of rotatable bonds is 2. The van der Waals surface area contributed by atoms with E-state index in [4.69, 9.17) is 0 Å². The molecule has 0 radical (unpaired) electrons. The molecule has 1 N–H and O–H groups in total. The molecule has 0 aliphatic carbocycles. The molecule has 0 spiro atoms. The number of hydrogen-bond donors (Lipinski definition) is 1. The SMILES string of the molecule is Cc1ccc2nc(NC(=O)c3ccc([19F])cn3)sc2c1. The number of thiazole rings is 1. The number of carbonyl (C=O) groups excluding carboxylic acids is 1. The zero-order valence-corrected chi connectivity index (χ0v) is 11.4. The minimum absolute atomic E-state index is 0.154. The van der Waals surface area contributed by atoms with Crippen molar-refractivity contribution < 1.29 is 9.18 Å². The molecule has 0 saturated carbocycles. The molecule has 0 unspecified atom stereocenters. The largest absolute Gasteiger partial charge is 0.296 e. The molecule has 0 atom stereocenters. The van der Waals surface area contributed by atoms with Crippen LogP contribution < -0.4 is 5.32 Å². The molecule has 3 rings (SSSR count). The number of aryl methyl sites for hydroxylation is 1. The minimum Gasteiger partial charge on any atom is -0.296 e. The molecule has 2 heterocycles. The van der Waals surface area contributed by atoms with Crippen LogP contribution in [0.2, 0.25) is 0 Å². The van der Waals surface area contributed by atoms with Crippen LogP contribution >= 0.6 is 11.3 Å². The summed E-state index contributed by atoms with van der Waals surface area (Å²) in [6.45, 7) is 2.00. The predicted octanol–water partition coefficient (Wildman–Crippen LogP) is 3.39. The number of carbonyl (C=O) groups is 1. The number of fused-ring (bicyclic) bond motifs is 1. The lowest BCUT2D eigenvalue weighted by atomic mass is 10.2. The van der Waals surface area contributed by atoms with Crippen LogP contribution in [-0.2, 0) is 0 Å². The third-order valence-corrected chi connectivity index (χ3v) is 3.66. The quantitative estimate of drug-likeness (QED) is 0.786. The maximum atomic E-state index is 12.7. The van der Waals surface area contributed by atoms with Crippen molar-refractivity contribution in [3.63, 3.8) is 0 Å². The highest BCUT2D eigenvalue weighted by Gasteiger charge is 2.11. The first-order valence-electron chi connectivity index (χ1n) is 5.92. The third-order valence-electron chi connectivity index (χ3n) is 2.72. The van der Waals surface area contributed by atoms with Crippen LogP contribution in [0.4, 0.5) is 9.52 Å². The van der Waals surface area contributed by atoms with Gasteiger partial charge in [-0.2, -0.15) is 0 Å². The van der Waals surface area contributed by atoms with E-state index in [1.807, 2.05) is 25.1 Å². The van der Waals surface area contributed by atoms with Crippen LogP contribution in [0.5, 0.6) is 0 Å². The molecule has 0 aliphatic heterocycles. The zero-order valence-electron chi connectivity index (χ0n) is 10.6. The van der Waals surface area contributed by atoms with E-state index < -0.39 is 11.7 Å². The maximum Gasteiger partial charge on any atom is 0.276 e. The Balaban J connectivity index is 1.85. The van der Waals surface area contributed by atoms with Crippen molar-refractivity contribution in [3.05, 3.63) is 53.6 Å². The van der Waals surface area contributed by atoms with Gasteiger partial charge >= 0.3 is 0 Å². The number of amides is 1. The fourth-order valence-corrected chi connectivity index (χ4v) is 2.72. The second-order valence-corrected chi connectivity index (χ2v) is 5.34. The number of benzene rings is 1. The summed E-state index contributed by atoms with van der Waals surface area (Å²) in [6, 6.07) is 8.42. The summed E-state index contributed by atoms with van der Waals surface area (Å²) < 4.78 is 13.8. The molecule has 3 aromatic rings. The Labute approximate surface area is 118 Å². The van der Waals surface area contributed by atoms with Gasteiger partial charge in [0.15, 0.2) is 5.13 Å². The molecule has 0 saturated heterocycles. The van der Waals surface area contributed by atoms with E-state index >= 15 is 0 Å². The second kappa shape index (κ2) is 4.97. The molecule has 1 aromatic carbocycles. The van der Waals surface area contributed by atoms with Gasteiger partial charge in [-0.05, 0) is 36.8 Å². The van der Waals surface area contributed by atoms with Crippen molar-refractivity contribution >= 4 is 32.6 Å². The Hall–Kier alpha value is -2.34. The van der Waals surface area contributed by atoms with Crippen LogP contribution in [0.15, 0.2) is 36.5 Å². The average molecular weight is 287 g/mol. The Morgan fingerprint density at radius 1 is 1.30 bits per heavy atom. The lowest BCUT2D eigenvalue weighted by Crippen LogP contribution is -2.13. The van der Waals surface area contributed by atoms with Gasteiger partial charge in [0.25, 0.3) is 5.91 Å². The molecule has 2 aromatic heterocycles. The third kappa shape index (κ3) is 2.50. The lowest BCUT2D eigenvalue weighted by molar-refractivity contribution is 0.102. The van der Waals surface area contributed by atoms with Gasteiger partial charge in [0.1, 0.15) is 11.5 Å². The van der Waals surface area contributed by atoms with Gasteiger partial charge in [-0.3, -0.25) is 10.1 Å². The Bertz CT molecular complexity index is 783. The zero-order chi connectivity index (χ0) is 14.1. The van der Waals surface area contributed by atoms with Crippen LogP contribution in [0.1, 0.15) is 16.1 Å². The minimum atomic E-state index is -0.475. The van der Waals surface area contributed by atoms with Gasteiger partial charge in [0.2, 0.25) is 0 Å². The van der Waals surface area contributed by atoms with E-state index in [1.165, 1.54) is 23.5 Å². The molecule has 0 bridgehead atoms. The van der Waals surface area contributed by atoms with E-state index in [-0.39, 0.29) is 5.69 Å². The van der Waals surface area contributed by atoms with E-state index in [0.717, 1.165) is 22.0 Å². The van der Waals surface area contributed by atoms with Gasteiger partial charge in [-0.25, -0.2) is 14.4 Å². The molecular formula is C14H10FN3OS. The number of hydrogen-bond acceptors (Lipinski definition) is 4. The average Bonchev–Trinajstić information content (AvgIpc) is 2.80. The van der Waals surface area contributed by atoms with Crippen molar-refractivity contribution in [1.82, 2.24) is 9.97 Å². The molecule has 0 fully saturated rings. The molecule has 1 amide bonds. The standard InChI is InChI=1S/C14H10FN3OS/c1-8-2-4-10-12(6-8)20-14(17-10)18-13(19)11-5-3-9(15)7-16-11/h2-7H,1H3,(H,17,18,19)/i15+0. The summed E-state index contributed by atoms with van der Waals surface area (Å²) in [5.41, 5.74) is 2.13. The van der Waals surface area contributed by atoms with Crippen molar-refractivity contribution in [2.75, 3.05) is 5.32 Å². The second-order valence-electron chi connectivity index (χ2n) is 4.31. The predicted molar refractivity (Wildman–Crippen MR) is 76.5 cm³/mol. The van der Waals surface area contributed by atoms with Crippen molar-refractivity contribution in [2.24, 2.45) is 0 Å². The van der Waals surface area contributed by atoms with Crippen LogP contribution in [-0.4, -0.2) is 15.9 Å². The monoisotopic (exact) mass is 287 g/mol. The molecule has 0 aliphatic rings. The highest BCUT2D eigenvalue weighted by Crippen LogP contribution is 2.26. The smallest absolute Gasteiger partial charge is 0.276 e. The Kier molecular flexibility index (Phi) is 3.15. The number of anilines is 1. The van der Waals surface area contributed by atoms with E-state index in [1.54, 1.807) is 0 Å². The Morgan fingerprint density at radius 3 is 2.90 bits per heavy atom. The highest BCUT2D eigenvalue weighted by atomic mass is 32.1. The summed E-state index contributed by atoms with van der Waals surface area (Å²) in [7, 11) is 0. The molecule has 100 valence electrons. The normalized spacial score (nSPS) is 10.7. The summed E-state index contributed by atoms with van der Waals surface area (Å²) >= 11 is 1.39. The van der Waals surface area contributed by atoms with Crippen LogP contribution in [0.3, 0.4) is 0 Å². The molecular weight excluding hydrogens is 277 g/mol. The number of pyridine rings is 1. The fourth-order valence-electron chi connectivity index (χ4n) is 1.76. The van der Waals surface area contributed by atoms with Crippen LogP contribution in [0, 0.1) is 12.7 Å². The van der Waals surface area contributed by atoms with E-state index in [0.29, 0.717) is 5.13 Å². The summed E-state index contributed by atoms with van der Waals surface area (Å²) in [6.07, 6.45) is 1.01. The van der Waals surface area contributed by atoms with Gasteiger partial charge in [-0.15, -0.1) is 0 Å². The number of nitrogens with zero attached hydrogens (tertiary/aromatic N) is 2. The van der Waals surface area contributed by atoms with Crippen molar-refractivity contribution in [1.29, 1.82) is 0 Å². The van der Waals surface area contributed by atoms with E-state index in [2.05, 4.69) is 15.3 Å². The molecule has 20 heavy (non-hydrogen) atoms. The number of nitrogens with one attached hydrogen (secondary N) is 1. The number of aromatic nitrogens is 2. The van der Waals surface area contributed by atoms with Gasteiger partial charge < -0.3 is 0 Å². The van der Waals surface area contributed by atoms with E-state index in [9.17, 15) is 9.18 Å². The van der Waals surface area contributed by atoms with Crippen molar-refractivity contribution in [2.45, 2.75) is 6.92 Å². The van der Waals surface area contributed by atoms with Crippen molar-refractivity contribution in [3.8, 4) is 0 Å². The highest BCUT2D eigenvalue weighted by molar-refractivity contribution is 7.22. The number of halogens is 1. The topological polar surface area (TPSA) is 54.9 Å². The first-order chi connectivity index (χ1) is 9.61. The first kappa shape index (κ1) is 12.7.